The van der Waals surface area contributed by atoms with Crippen LogP contribution in [0.15, 0.2) is 53.4 Å². The Bertz CT molecular complexity index is 992. The van der Waals surface area contributed by atoms with Crippen molar-refractivity contribution in [3.05, 3.63) is 59.7 Å². The van der Waals surface area contributed by atoms with Crippen molar-refractivity contribution in [1.82, 2.24) is 4.31 Å². The van der Waals surface area contributed by atoms with Gasteiger partial charge >= 0.3 is 0 Å². The van der Waals surface area contributed by atoms with Crippen molar-refractivity contribution in [2.75, 3.05) is 18.4 Å². The van der Waals surface area contributed by atoms with Gasteiger partial charge in [-0.05, 0) is 55.9 Å². The van der Waals surface area contributed by atoms with Gasteiger partial charge in [0.15, 0.2) is 0 Å². The van der Waals surface area contributed by atoms with E-state index in [1.54, 1.807) is 22.5 Å². The monoisotopic (exact) mass is 412 g/mol. The number of piperidine rings is 1. The molecule has 1 heterocycles. The average molecular weight is 413 g/mol. The van der Waals surface area contributed by atoms with Crippen LogP contribution < -0.4 is 5.32 Å². The second-order valence-electron chi connectivity index (χ2n) is 8.20. The van der Waals surface area contributed by atoms with E-state index in [9.17, 15) is 13.2 Å². The molecule has 0 spiro atoms. The number of nitrogens with zero attached hydrogens (tertiary/aromatic N) is 1. The molecule has 1 saturated heterocycles. The lowest BCUT2D eigenvalue weighted by Gasteiger charge is -2.40. The summed E-state index contributed by atoms with van der Waals surface area (Å²) in [4.78, 5) is 13.5. The molecule has 4 rings (SSSR count). The molecule has 6 heteroatoms. The van der Waals surface area contributed by atoms with Gasteiger partial charge < -0.3 is 5.32 Å². The van der Waals surface area contributed by atoms with Crippen LogP contribution in [0.2, 0.25) is 0 Å². The second kappa shape index (κ2) is 7.92. The topological polar surface area (TPSA) is 66.5 Å². The molecule has 0 unspecified atom stereocenters. The van der Waals surface area contributed by atoms with Crippen LogP contribution in [-0.4, -0.2) is 31.7 Å². The van der Waals surface area contributed by atoms with Crippen LogP contribution in [0.1, 0.15) is 49.7 Å². The van der Waals surface area contributed by atoms with Gasteiger partial charge in [-0.25, -0.2) is 8.42 Å². The number of hydrogen-bond acceptors (Lipinski definition) is 3. The lowest BCUT2D eigenvalue weighted by molar-refractivity contribution is -0.124. The van der Waals surface area contributed by atoms with Gasteiger partial charge in [0.2, 0.25) is 15.9 Å². The Balaban J connectivity index is 1.61. The summed E-state index contributed by atoms with van der Waals surface area (Å²) in [6, 6.07) is 14.9. The molecule has 5 nitrogen and oxygen atoms in total. The zero-order chi connectivity index (χ0) is 20.5. The third kappa shape index (κ3) is 3.71. The first kappa shape index (κ1) is 20.1. The number of hydrogen-bond donors (Lipinski definition) is 1. The van der Waals surface area contributed by atoms with E-state index >= 15 is 0 Å². The molecule has 29 heavy (non-hydrogen) atoms. The smallest absolute Gasteiger partial charge is 0.243 e. The highest BCUT2D eigenvalue weighted by Crippen LogP contribution is 2.44. The van der Waals surface area contributed by atoms with E-state index in [1.165, 1.54) is 0 Å². The molecule has 2 aromatic carbocycles. The van der Waals surface area contributed by atoms with E-state index in [1.807, 2.05) is 37.3 Å². The Morgan fingerprint density at radius 3 is 2.28 bits per heavy atom. The molecule has 0 atom stereocenters. The molecule has 2 fully saturated rings. The van der Waals surface area contributed by atoms with E-state index < -0.39 is 15.4 Å². The first-order valence-corrected chi connectivity index (χ1v) is 11.9. The molecule has 1 amide bonds. The van der Waals surface area contributed by atoms with Gasteiger partial charge in [0.1, 0.15) is 0 Å². The van der Waals surface area contributed by atoms with Crippen molar-refractivity contribution in [2.24, 2.45) is 0 Å². The van der Waals surface area contributed by atoms with Gasteiger partial charge in [-0.2, -0.15) is 4.31 Å². The molecular weight excluding hydrogens is 384 g/mol. The highest BCUT2D eigenvalue weighted by Gasteiger charge is 2.45. The predicted octanol–water partition coefficient (Wildman–Crippen LogP) is 4.23. The van der Waals surface area contributed by atoms with E-state index in [4.69, 9.17) is 0 Å². The van der Waals surface area contributed by atoms with Crippen molar-refractivity contribution in [3.63, 3.8) is 0 Å². The maximum Gasteiger partial charge on any atom is 0.243 e. The zero-order valence-corrected chi connectivity index (χ0v) is 17.7. The number of aryl methyl sites for hydroxylation is 1. The van der Waals surface area contributed by atoms with Crippen LogP contribution in [0.25, 0.3) is 0 Å². The average Bonchev–Trinajstić information content (AvgIpc) is 2.70. The summed E-state index contributed by atoms with van der Waals surface area (Å²) >= 11 is 0. The third-order valence-electron chi connectivity index (χ3n) is 6.38. The fraction of sp³-hybridized carbons (Fsp3) is 0.435. The summed E-state index contributed by atoms with van der Waals surface area (Å²) in [6.45, 7) is 3.02. The van der Waals surface area contributed by atoms with Gasteiger partial charge in [-0.1, -0.05) is 49.2 Å². The summed E-state index contributed by atoms with van der Waals surface area (Å²) in [6.07, 6.45) is 5.51. The number of nitrogens with one attached hydrogen (secondary N) is 1. The van der Waals surface area contributed by atoms with E-state index in [2.05, 4.69) is 5.32 Å². The van der Waals surface area contributed by atoms with Crippen LogP contribution in [0.5, 0.6) is 0 Å². The van der Waals surface area contributed by atoms with Crippen molar-refractivity contribution in [2.45, 2.75) is 55.8 Å². The first-order chi connectivity index (χ1) is 13.9. The Labute approximate surface area is 173 Å². The largest absolute Gasteiger partial charge is 0.325 e. The Kier molecular flexibility index (Phi) is 5.49. The number of anilines is 1. The lowest BCUT2D eigenvalue weighted by atomic mass is 9.64. The van der Waals surface area contributed by atoms with Crippen LogP contribution >= 0.6 is 0 Å². The molecule has 1 aliphatic heterocycles. The van der Waals surface area contributed by atoms with Crippen LogP contribution in [-0.2, 0) is 20.2 Å². The maximum absolute atomic E-state index is 13.3. The molecule has 154 valence electrons. The van der Waals surface area contributed by atoms with Crippen molar-refractivity contribution in [3.8, 4) is 0 Å². The Morgan fingerprint density at radius 1 is 0.966 bits per heavy atom. The van der Waals surface area contributed by atoms with Crippen LogP contribution in [0, 0.1) is 6.92 Å². The summed E-state index contributed by atoms with van der Waals surface area (Å²) < 4.78 is 27.6. The quantitative estimate of drug-likeness (QED) is 0.799. The lowest BCUT2D eigenvalue weighted by Crippen LogP contribution is -2.46. The molecule has 1 aliphatic carbocycles. The maximum atomic E-state index is 13.3. The van der Waals surface area contributed by atoms with Gasteiger partial charge in [-0.15, -0.1) is 0 Å². The third-order valence-corrected chi connectivity index (χ3v) is 8.27. The molecule has 0 radical (unpaired) electrons. The minimum atomic E-state index is -3.53. The fourth-order valence-corrected chi connectivity index (χ4v) is 5.87. The number of benzene rings is 2. The number of rotatable bonds is 5. The van der Waals surface area contributed by atoms with E-state index in [0.717, 1.165) is 49.7 Å². The fourth-order valence-electron chi connectivity index (χ4n) is 4.33. The molecule has 2 aliphatic rings. The number of carbonyl (C=O) groups excluding carboxylic acids is 1. The van der Waals surface area contributed by atoms with E-state index in [0.29, 0.717) is 18.8 Å². The summed E-state index contributed by atoms with van der Waals surface area (Å²) in [5.74, 6) is -0.0504. The highest BCUT2D eigenvalue weighted by molar-refractivity contribution is 7.89. The molecular formula is C23H28N2O3S. The van der Waals surface area contributed by atoms with E-state index in [-0.39, 0.29) is 10.8 Å². The molecule has 0 bridgehead atoms. The van der Waals surface area contributed by atoms with Crippen LogP contribution in [0.3, 0.4) is 0 Å². The normalized spacial score (nSPS) is 19.3. The summed E-state index contributed by atoms with van der Waals surface area (Å²) in [5, 5.41) is 3.04. The standard InChI is InChI=1S/C23H28N2O3S/c1-18-11-12-20(29(27,28)25-15-6-3-7-16-25)17-21(18)24-22(26)23(13-8-14-23)19-9-4-2-5-10-19/h2,4-5,9-12,17H,3,6-8,13-16H2,1H3,(H,24,26). The Hall–Kier alpha value is -2.18. The van der Waals surface area contributed by atoms with Gasteiger partial charge in [-0.3, -0.25) is 4.79 Å². The summed E-state index contributed by atoms with van der Waals surface area (Å²) in [5.41, 5.74) is 1.95. The minimum Gasteiger partial charge on any atom is -0.325 e. The van der Waals surface area contributed by atoms with Crippen molar-refractivity contribution >= 4 is 21.6 Å². The molecule has 0 aromatic heterocycles. The minimum absolute atomic E-state index is 0.0504. The predicted molar refractivity (Wildman–Crippen MR) is 114 cm³/mol. The van der Waals surface area contributed by atoms with Crippen molar-refractivity contribution < 1.29 is 13.2 Å². The van der Waals surface area contributed by atoms with Gasteiger partial charge in [0, 0.05) is 18.8 Å². The zero-order valence-electron chi connectivity index (χ0n) is 16.9. The highest BCUT2D eigenvalue weighted by atomic mass is 32.2. The van der Waals surface area contributed by atoms with Gasteiger partial charge in [0.05, 0.1) is 10.3 Å². The second-order valence-corrected chi connectivity index (χ2v) is 10.1. The molecule has 1 saturated carbocycles. The summed E-state index contributed by atoms with van der Waals surface area (Å²) in [7, 11) is -3.53. The first-order valence-electron chi connectivity index (χ1n) is 10.4. The number of sulfonamides is 1. The number of amides is 1. The molecule has 2 aromatic rings. The molecule has 1 N–H and O–H groups in total. The Morgan fingerprint density at radius 2 is 1.66 bits per heavy atom. The number of carbonyl (C=O) groups is 1. The van der Waals surface area contributed by atoms with Crippen molar-refractivity contribution in [1.29, 1.82) is 0 Å². The van der Waals surface area contributed by atoms with Crippen LogP contribution in [0.4, 0.5) is 5.69 Å². The SMILES string of the molecule is Cc1ccc(S(=O)(=O)N2CCCCC2)cc1NC(=O)C1(c2ccccc2)CCC1. The van der Waals surface area contributed by atoms with Gasteiger partial charge in [0.25, 0.3) is 0 Å².